The molecule has 3 heterocycles. The Morgan fingerprint density at radius 3 is 2.67 bits per heavy atom. The molecule has 130 valence electrons. The molecule has 0 spiro atoms. The van der Waals surface area contributed by atoms with Crippen LogP contribution in [-0.4, -0.2) is 65.6 Å². The molecule has 1 aromatic heterocycles. The zero-order valence-corrected chi connectivity index (χ0v) is 14.7. The molecule has 3 aliphatic rings. The van der Waals surface area contributed by atoms with Crippen LogP contribution in [0.15, 0.2) is 12.1 Å². The monoisotopic (exact) mass is 329 g/mol. The van der Waals surface area contributed by atoms with E-state index in [0.717, 1.165) is 55.7 Å². The molecule has 5 heteroatoms. The van der Waals surface area contributed by atoms with E-state index in [1.54, 1.807) is 0 Å². The minimum Gasteiger partial charge on any atom is -0.378 e. The van der Waals surface area contributed by atoms with Gasteiger partial charge in [-0.2, -0.15) is 0 Å². The summed E-state index contributed by atoms with van der Waals surface area (Å²) in [6, 6.07) is 5.01. The molecule has 0 aromatic carbocycles. The summed E-state index contributed by atoms with van der Waals surface area (Å²) >= 11 is 0. The average Bonchev–Trinajstić information content (AvgIpc) is 3.37. The predicted octanol–water partition coefficient (Wildman–Crippen LogP) is 1.56. The van der Waals surface area contributed by atoms with Crippen molar-refractivity contribution in [1.29, 1.82) is 0 Å². The van der Waals surface area contributed by atoms with Gasteiger partial charge in [-0.3, -0.25) is 14.7 Å². The predicted molar refractivity (Wildman–Crippen MR) is 91.8 cm³/mol. The van der Waals surface area contributed by atoms with E-state index in [-0.39, 0.29) is 5.91 Å². The highest BCUT2D eigenvalue weighted by Gasteiger charge is 2.43. The van der Waals surface area contributed by atoms with Crippen molar-refractivity contribution in [3.63, 3.8) is 0 Å². The first-order valence-corrected chi connectivity index (χ1v) is 9.15. The smallest absolute Gasteiger partial charge is 0.227 e. The number of carbonyl (C=O) groups is 1. The molecule has 1 amide bonds. The number of rotatable bonds is 3. The van der Waals surface area contributed by atoms with E-state index in [0.29, 0.717) is 18.5 Å². The highest BCUT2D eigenvalue weighted by atomic mass is 16.5. The number of fused-ring (bicyclic) bond motifs is 1. The number of hydrogen-bond donors (Lipinski definition) is 0. The van der Waals surface area contributed by atoms with Gasteiger partial charge in [-0.15, -0.1) is 0 Å². The Bertz CT molecular complexity index is 609. The van der Waals surface area contributed by atoms with Crippen LogP contribution in [0.25, 0.3) is 0 Å². The second-order valence-corrected chi connectivity index (χ2v) is 7.61. The molecule has 0 unspecified atom stereocenters. The summed E-state index contributed by atoms with van der Waals surface area (Å²) in [6.07, 6.45) is 3.17. The van der Waals surface area contributed by atoms with Gasteiger partial charge in [0.15, 0.2) is 0 Å². The van der Waals surface area contributed by atoms with E-state index in [4.69, 9.17) is 4.74 Å². The number of carbonyl (C=O) groups excluding carboxylic acids is 1. The minimum atomic E-state index is 0.230. The third-order valence-electron chi connectivity index (χ3n) is 5.57. The molecule has 0 bridgehead atoms. The number of aryl methyl sites for hydroxylation is 2. The first kappa shape index (κ1) is 16.0. The lowest BCUT2D eigenvalue weighted by Crippen LogP contribution is -2.63. The maximum Gasteiger partial charge on any atom is 0.227 e. The van der Waals surface area contributed by atoms with Crippen LogP contribution in [0.1, 0.15) is 29.8 Å². The molecule has 2 atom stereocenters. The Morgan fingerprint density at radius 2 is 1.96 bits per heavy atom. The van der Waals surface area contributed by atoms with Crippen LogP contribution in [0.3, 0.4) is 0 Å². The molecular formula is C19H27N3O2. The van der Waals surface area contributed by atoms with Crippen molar-refractivity contribution < 1.29 is 9.53 Å². The van der Waals surface area contributed by atoms with E-state index < -0.39 is 0 Å². The van der Waals surface area contributed by atoms with Crippen molar-refractivity contribution in [2.75, 3.05) is 32.8 Å². The van der Waals surface area contributed by atoms with Crippen molar-refractivity contribution in [3.8, 4) is 0 Å². The van der Waals surface area contributed by atoms with Crippen molar-refractivity contribution in [2.24, 2.45) is 5.92 Å². The first-order valence-electron chi connectivity index (χ1n) is 9.15. The van der Waals surface area contributed by atoms with Gasteiger partial charge in [-0.25, -0.2) is 0 Å². The molecule has 2 saturated heterocycles. The average molecular weight is 329 g/mol. The van der Waals surface area contributed by atoms with Gasteiger partial charge in [0.25, 0.3) is 0 Å². The van der Waals surface area contributed by atoms with Crippen LogP contribution >= 0.6 is 0 Å². The molecule has 5 nitrogen and oxygen atoms in total. The molecule has 1 saturated carbocycles. The Kier molecular flexibility index (Phi) is 4.31. The van der Waals surface area contributed by atoms with Gasteiger partial charge in [0.1, 0.15) is 0 Å². The molecule has 1 aromatic rings. The summed E-state index contributed by atoms with van der Waals surface area (Å²) in [6.45, 7) is 8.27. The Labute approximate surface area is 144 Å². The third kappa shape index (κ3) is 3.33. The molecule has 0 radical (unpaired) electrons. The topological polar surface area (TPSA) is 45.7 Å². The van der Waals surface area contributed by atoms with E-state index in [1.165, 1.54) is 12.8 Å². The van der Waals surface area contributed by atoms with Gasteiger partial charge < -0.3 is 9.64 Å². The van der Waals surface area contributed by atoms with Crippen molar-refractivity contribution in [3.05, 3.63) is 29.1 Å². The maximum atomic E-state index is 12.7. The van der Waals surface area contributed by atoms with Crippen LogP contribution in [0.2, 0.25) is 0 Å². The molecule has 24 heavy (non-hydrogen) atoms. The molecule has 4 rings (SSSR count). The zero-order valence-electron chi connectivity index (χ0n) is 14.7. The van der Waals surface area contributed by atoms with Gasteiger partial charge in [-0.05, 0) is 50.3 Å². The zero-order chi connectivity index (χ0) is 16.7. The first-order chi connectivity index (χ1) is 11.6. The standard InChI is InChI=1S/C19H27N3O2/c1-13-7-15(8-14(2)20-13)9-19(23)21-5-6-22-17(10-21)11-24-12-18(22)16-3-4-16/h7-8,16-18H,3-6,9-12H2,1-2H3/t17-,18-/m1/s1. The summed E-state index contributed by atoms with van der Waals surface area (Å²) < 4.78 is 5.84. The SMILES string of the molecule is Cc1cc(CC(=O)N2CCN3[C@@H](COC[C@@H]3C3CC3)C2)cc(C)n1. The second-order valence-electron chi connectivity index (χ2n) is 7.61. The van der Waals surface area contributed by atoms with Gasteiger partial charge in [0.05, 0.1) is 25.7 Å². The molecule has 0 N–H and O–H groups in total. The largest absolute Gasteiger partial charge is 0.378 e. The van der Waals surface area contributed by atoms with Crippen LogP contribution in [0, 0.1) is 19.8 Å². The fraction of sp³-hybridized carbons (Fsp3) is 0.684. The number of amides is 1. The van der Waals surface area contributed by atoms with Gasteiger partial charge in [-0.1, -0.05) is 0 Å². The normalized spacial score (nSPS) is 27.8. The number of nitrogens with zero attached hydrogens (tertiary/aromatic N) is 3. The molecule has 1 aliphatic carbocycles. The number of pyridine rings is 1. The second kappa shape index (κ2) is 6.45. The Morgan fingerprint density at radius 1 is 1.21 bits per heavy atom. The lowest BCUT2D eigenvalue weighted by molar-refractivity contribution is -0.139. The fourth-order valence-corrected chi connectivity index (χ4v) is 4.30. The van der Waals surface area contributed by atoms with E-state index >= 15 is 0 Å². The maximum absolute atomic E-state index is 12.7. The number of aromatic nitrogens is 1. The lowest BCUT2D eigenvalue weighted by Gasteiger charge is -2.48. The van der Waals surface area contributed by atoms with Crippen molar-refractivity contribution >= 4 is 5.91 Å². The number of morpholine rings is 1. The van der Waals surface area contributed by atoms with E-state index in [1.807, 2.05) is 30.9 Å². The van der Waals surface area contributed by atoms with Crippen molar-refractivity contribution in [1.82, 2.24) is 14.8 Å². The highest BCUT2D eigenvalue weighted by Crippen LogP contribution is 2.38. The Balaban J connectivity index is 1.39. The van der Waals surface area contributed by atoms with Gasteiger partial charge in [0.2, 0.25) is 5.91 Å². The molecular weight excluding hydrogens is 302 g/mol. The number of piperazine rings is 1. The van der Waals surface area contributed by atoms with Gasteiger partial charge in [0, 0.05) is 37.1 Å². The Hall–Kier alpha value is -1.46. The fourth-order valence-electron chi connectivity index (χ4n) is 4.30. The summed E-state index contributed by atoms with van der Waals surface area (Å²) in [5, 5.41) is 0. The summed E-state index contributed by atoms with van der Waals surface area (Å²) in [5.74, 6) is 1.06. The lowest BCUT2D eigenvalue weighted by atomic mass is 10.0. The number of ether oxygens (including phenoxy) is 1. The quantitative estimate of drug-likeness (QED) is 0.844. The minimum absolute atomic E-state index is 0.230. The van der Waals surface area contributed by atoms with Gasteiger partial charge >= 0.3 is 0 Å². The van der Waals surface area contributed by atoms with Crippen molar-refractivity contribution in [2.45, 2.75) is 45.2 Å². The van der Waals surface area contributed by atoms with Crippen LogP contribution in [0.4, 0.5) is 0 Å². The van der Waals surface area contributed by atoms with Crippen LogP contribution in [-0.2, 0) is 16.0 Å². The molecule has 3 fully saturated rings. The highest BCUT2D eigenvalue weighted by molar-refractivity contribution is 5.79. The van der Waals surface area contributed by atoms with E-state index in [9.17, 15) is 4.79 Å². The number of hydrogen-bond acceptors (Lipinski definition) is 4. The summed E-state index contributed by atoms with van der Waals surface area (Å²) in [4.78, 5) is 21.8. The van der Waals surface area contributed by atoms with E-state index in [2.05, 4.69) is 9.88 Å². The summed E-state index contributed by atoms with van der Waals surface area (Å²) in [7, 11) is 0. The third-order valence-corrected chi connectivity index (χ3v) is 5.57. The van der Waals surface area contributed by atoms with Crippen LogP contribution < -0.4 is 0 Å². The summed E-state index contributed by atoms with van der Waals surface area (Å²) in [5.41, 5.74) is 3.04. The molecule has 2 aliphatic heterocycles. The van der Waals surface area contributed by atoms with Crippen LogP contribution in [0.5, 0.6) is 0 Å².